The summed E-state index contributed by atoms with van der Waals surface area (Å²) in [6.45, 7) is 4.17. The van der Waals surface area contributed by atoms with Crippen molar-refractivity contribution in [1.82, 2.24) is 0 Å². The van der Waals surface area contributed by atoms with Crippen LogP contribution in [-0.4, -0.2) is 16.6 Å². The molecule has 0 bridgehead atoms. The average Bonchev–Trinajstić information content (AvgIpc) is 2.78. The second kappa shape index (κ2) is 8.32. The Morgan fingerprint density at radius 2 is 1.42 bits per heavy atom. The number of allylic oxidation sites excluding steroid dienone is 2. The van der Waals surface area contributed by atoms with E-state index in [4.69, 9.17) is 4.99 Å². The van der Waals surface area contributed by atoms with Crippen molar-refractivity contribution in [1.29, 1.82) is 0 Å². The monoisotopic (exact) mass is 433 g/mol. The molecule has 4 aromatic carbocycles. The summed E-state index contributed by atoms with van der Waals surface area (Å²) in [4.78, 5) is 18.2. The van der Waals surface area contributed by atoms with Crippen LogP contribution in [0.2, 0.25) is 0 Å². The molecule has 4 aromatic rings. The summed E-state index contributed by atoms with van der Waals surface area (Å²) < 4.78 is 0. The number of hydrogen-bond donors (Lipinski definition) is 1. The van der Waals surface area contributed by atoms with E-state index in [9.17, 15) is 9.90 Å². The third kappa shape index (κ3) is 4.19. The summed E-state index contributed by atoms with van der Waals surface area (Å²) in [5, 5.41) is 15.6. The summed E-state index contributed by atoms with van der Waals surface area (Å²) in [5.41, 5.74) is 2.67. The maximum absolute atomic E-state index is 13.3. The Labute approximate surface area is 194 Å². The fraction of sp³-hybridized carbons (Fsp3) is 0.200. The first-order valence-electron chi connectivity index (χ1n) is 11.4. The zero-order chi connectivity index (χ0) is 23.0. The van der Waals surface area contributed by atoms with Gasteiger partial charge >= 0.3 is 0 Å². The molecule has 0 amide bonds. The molecule has 0 atom stereocenters. The number of Topliss-reactive ketones (excluding diaryl/α,β-unsaturated/α-hetero) is 1. The van der Waals surface area contributed by atoms with Crippen molar-refractivity contribution in [3.05, 3.63) is 102 Å². The van der Waals surface area contributed by atoms with Crippen LogP contribution in [-0.2, 0) is 11.2 Å². The fourth-order valence-electron chi connectivity index (χ4n) is 4.88. The van der Waals surface area contributed by atoms with Crippen LogP contribution in [0.25, 0.3) is 21.5 Å². The predicted octanol–water partition coefficient (Wildman–Crippen LogP) is 7.51. The van der Waals surface area contributed by atoms with Crippen LogP contribution in [0.4, 0.5) is 5.69 Å². The van der Waals surface area contributed by atoms with Gasteiger partial charge in [-0.3, -0.25) is 9.79 Å². The van der Waals surface area contributed by atoms with E-state index >= 15 is 0 Å². The SMILES string of the molecule is CC1(C)CC(=O)/C(=C(/O)Cc2cccc3ccccc23)C(=Nc2cccc3ccccc23)C1. The molecule has 3 nitrogen and oxygen atoms in total. The van der Waals surface area contributed by atoms with Gasteiger partial charge in [0.05, 0.1) is 17.0 Å². The number of aliphatic hydroxyl groups excluding tert-OH is 1. The third-order valence-corrected chi connectivity index (χ3v) is 6.40. The van der Waals surface area contributed by atoms with E-state index in [0.29, 0.717) is 30.5 Å². The molecule has 164 valence electrons. The van der Waals surface area contributed by atoms with E-state index < -0.39 is 0 Å². The van der Waals surface area contributed by atoms with Gasteiger partial charge in [-0.2, -0.15) is 0 Å². The predicted molar refractivity (Wildman–Crippen MR) is 136 cm³/mol. The Hall–Kier alpha value is -3.72. The Kier molecular flexibility index (Phi) is 5.33. The minimum atomic E-state index is -0.205. The van der Waals surface area contributed by atoms with Gasteiger partial charge in [0.25, 0.3) is 0 Å². The van der Waals surface area contributed by atoms with Crippen molar-refractivity contribution in [3.8, 4) is 0 Å². The number of carbonyl (C=O) groups excluding carboxylic acids is 1. The topological polar surface area (TPSA) is 49.7 Å². The van der Waals surface area contributed by atoms with Crippen molar-refractivity contribution in [2.75, 3.05) is 0 Å². The lowest BCUT2D eigenvalue weighted by atomic mass is 9.73. The molecule has 1 saturated carbocycles. The quantitative estimate of drug-likeness (QED) is 0.268. The third-order valence-electron chi connectivity index (χ3n) is 6.40. The lowest BCUT2D eigenvalue weighted by Gasteiger charge is -2.31. The van der Waals surface area contributed by atoms with E-state index in [1.165, 1.54) is 0 Å². The zero-order valence-corrected chi connectivity index (χ0v) is 19.0. The fourth-order valence-corrected chi connectivity index (χ4v) is 4.88. The highest BCUT2D eigenvalue weighted by atomic mass is 16.3. The van der Waals surface area contributed by atoms with Crippen molar-refractivity contribution in [2.24, 2.45) is 10.4 Å². The number of fused-ring (bicyclic) bond motifs is 2. The van der Waals surface area contributed by atoms with Crippen LogP contribution in [0.5, 0.6) is 0 Å². The largest absolute Gasteiger partial charge is 0.511 e. The summed E-state index contributed by atoms with van der Waals surface area (Å²) in [6, 6.07) is 28.3. The highest BCUT2D eigenvalue weighted by Gasteiger charge is 2.36. The molecule has 0 heterocycles. The molecule has 33 heavy (non-hydrogen) atoms. The smallest absolute Gasteiger partial charge is 0.168 e. The molecule has 5 rings (SSSR count). The molecular formula is C30H27NO2. The van der Waals surface area contributed by atoms with Crippen LogP contribution in [0, 0.1) is 5.41 Å². The molecule has 0 saturated heterocycles. The second-order valence-corrected chi connectivity index (χ2v) is 9.63. The van der Waals surface area contributed by atoms with Crippen LogP contribution in [0.15, 0.2) is 101 Å². The molecule has 1 fully saturated rings. The zero-order valence-electron chi connectivity index (χ0n) is 19.0. The molecule has 0 radical (unpaired) electrons. The van der Waals surface area contributed by atoms with E-state index in [1.54, 1.807) is 0 Å². The highest BCUT2D eigenvalue weighted by Crippen LogP contribution is 2.38. The number of rotatable bonds is 3. The van der Waals surface area contributed by atoms with Gasteiger partial charge in [-0.05, 0) is 39.6 Å². The first-order valence-corrected chi connectivity index (χ1v) is 11.4. The van der Waals surface area contributed by atoms with E-state index in [0.717, 1.165) is 32.8 Å². The summed E-state index contributed by atoms with van der Waals surface area (Å²) in [7, 11) is 0. The molecule has 0 aromatic heterocycles. The molecular weight excluding hydrogens is 406 g/mol. The molecule has 1 aliphatic carbocycles. The lowest BCUT2D eigenvalue weighted by molar-refractivity contribution is -0.117. The molecule has 0 unspecified atom stereocenters. The normalized spacial score (nSPS) is 18.7. The number of carbonyl (C=O) groups is 1. The summed E-state index contributed by atoms with van der Waals surface area (Å²) in [5.74, 6) is 0.0637. The van der Waals surface area contributed by atoms with Gasteiger partial charge < -0.3 is 5.11 Å². The number of aliphatic imine (C=N–C) groups is 1. The maximum Gasteiger partial charge on any atom is 0.168 e. The Balaban J connectivity index is 1.64. The van der Waals surface area contributed by atoms with E-state index in [1.807, 2.05) is 54.6 Å². The molecule has 0 spiro atoms. The average molecular weight is 434 g/mol. The minimum Gasteiger partial charge on any atom is -0.511 e. The number of benzene rings is 4. The number of aliphatic hydroxyl groups is 1. The van der Waals surface area contributed by atoms with Gasteiger partial charge in [0.1, 0.15) is 5.76 Å². The standard InChI is InChI=1S/C30H27NO2/c1-30(2)18-26(31-25-16-8-12-21-10-4-6-15-24(21)25)29(28(33)19-30)27(32)17-22-13-7-11-20-9-3-5-14-23(20)22/h3-16,32H,17-19H2,1-2H3/b29-27+,31-26?. The highest BCUT2D eigenvalue weighted by molar-refractivity contribution is 6.25. The van der Waals surface area contributed by atoms with Gasteiger partial charge in [-0.15, -0.1) is 0 Å². The number of hydrogen-bond acceptors (Lipinski definition) is 3. The van der Waals surface area contributed by atoms with Crippen molar-refractivity contribution >= 4 is 38.7 Å². The van der Waals surface area contributed by atoms with Gasteiger partial charge in [0, 0.05) is 18.2 Å². The van der Waals surface area contributed by atoms with Crippen LogP contribution in [0.1, 0.15) is 32.3 Å². The molecule has 1 N–H and O–H groups in total. The molecule has 1 aliphatic rings. The van der Waals surface area contributed by atoms with E-state index in [2.05, 4.69) is 44.2 Å². The van der Waals surface area contributed by atoms with Gasteiger partial charge in [-0.1, -0.05) is 92.7 Å². The first kappa shape index (κ1) is 21.1. The maximum atomic E-state index is 13.3. The van der Waals surface area contributed by atoms with E-state index in [-0.39, 0.29) is 17.0 Å². The van der Waals surface area contributed by atoms with Crippen molar-refractivity contribution in [3.63, 3.8) is 0 Å². The van der Waals surface area contributed by atoms with Crippen molar-refractivity contribution < 1.29 is 9.90 Å². The number of ketones is 1. The second-order valence-electron chi connectivity index (χ2n) is 9.63. The van der Waals surface area contributed by atoms with Crippen LogP contribution in [0.3, 0.4) is 0 Å². The van der Waals surface area contributed by atoms with Crippen molar-refractivity contribution in [2.45, 2.75) is 33.1 Å². The first-order chi connectivity index (χ1) is 15.9. The minimum absolute atomic E-state index is 0.0389. The van der Waals surface area contributed by atoms with Gasteiger partial charge in [0.15, 0.2) is 5.78 Å². The lowest BCUT2D eigenvalue weighted by Crippen LogP contribution is -2.32. The van der Waals surface area contributed by atoms with Gasteiger partial charge in [0.2, 0.25) is 0 Å². The molecule has 0 aliphatic heterocycles. The summed E-state index contributed by atoms with van der Waals surface area (Å²) in [6.07, 6.45) is 1.34. The Morgan fingerprint density at radius 3 is 2.18 bits per heavy atom. The Bertz CT molecular complexity index is 1430. The van der Waals surface area contributed by atoms with Crippen LogP contribution >= 0.6 is 0 Å². The molecule has 3 heteroatoms. The van der Waals surface area contributed by atoms with Gasteiger partial charge in [-0.25, -0.2) is 0 Å². The number of nitrogens with zero attached hydrogens (tertiary/aromatic N) is 1. The van der Waals surface area contributed by atoms with Crippen LogP contribution < -0.4 is 0 Å². The Morgan fingerprint density at radius 1 is 0.818 bits per heavy atom. The summed E-state index contributed by atoms with van der Waals surface area (Å²) >= 11 is 0.